The fourth-order valence-electron chi connectivity index (χ4n) is 1.51. The van der Waals surface area contributed by atoms with E-state index in [0.29, 0.717) is 15.5 Å². The molecule has 0 radical (unpaired) electrons. The molecule has 0 spiro atoms. The van der Waals surface area contributed by atoms with Crippen LogP contribution < -0.4 is 0 Å². The molecule has 14 heavy (non-hydrogen) atoms. The van der Waals surface area contributed by atoms with Crippen LogP contribution in [0.2, 0.25) is 0 Å². The average Bonchev–Trinajstić information content (AvgIpc) is 2.29. The zero-order valence-corrected chi connectivity index (χ0v) is 9.41. The minimum absolute atomic E-state index is 0.250. The molecule has 0 saturated heterocycles. The Bertz CT molecular complexity index is 541. The van der Waals surface area contributed by atoms with Crippen LogP contribution in [-0.2, 0) is 9.84 Å². The summed E-state index contributed by atoms with van der Waals surface area (Å²) < 4.78 is 23.6. The molecule has 1 aliphatic rings. The van der Waals surface area contributed by atoms with Gasteiger partial charge in [-0.05, 0) is 25.5 Å². The second-order valence-electron chi connectivity index (χ2n) is 3.37. The topological polar surface area (TPSA) is 34.1 Å². The molecule has 0 bridgehead atoms. The summed E-state index contributed by atoms with van der Waals surface area (Å²) in [5.41, 5.74) is 1.54. The number of rotatable bonds is 0. The van der Waals surface area contributed by atoms with Gasteiger partial charge in [-0.2, -0.15) is 0 Å². The fraction of sp³-hybridized carbons (Fsp3) is 0.200. The lowest BCUT2D eigenvalue weighted by Crippen LogP contribution is -1.97. The van der Waals surface area contributed by atoms with Gasteiger partial charge in [-0.1, -0.05) is 23.7 Å². The van der Waals surface area contributed by atoms with Crippen molar-refractivity contribution in [3.05, 3.63) is 34.2 Å². The molecule has 0 saturated carbocycles. The van der Waals surface area contributed by atoms with Gasteiger partial charge in [0.1, 0.15) is 0 Å². The molecular formula is C10H9ClO2S. The Morgan fingerprint density at radius 1 is 1.21 bits per heavy atom. The summed E-state index contributed by atoms with van der Waals surface area (Å²) in [6.45, 7) is 3.39. The third kappa shape index (κ3) is 1.12. The molecule has 2 rings (SSSR count). The summed E-state index contributed by atoms with van der Waals surface area (Å²) in [6.07, 6.45) is 0. The Morgan fingerprint density at radius 3 is 2.50 bits per heavy atom. The van der Waals surface area contributed by atoms with Crippen molar-refractivity contribution in [1.82, 2.24) is 0 Å². The monoisotopic (exact) mass is 228 g/mol. The van der Waals surface area contributed by atoms with Gasteiger partial charge < -0.3 is 0 Å². The van der Waals surface area contributed by atoms with E-state index in [1.54, 1.807) is 12.1 Å². The highest BCUT2D eigenvalue weighted by Crippen LogP contribution is 2.41. The minimum atomic E-state index is -3.31. The minimum Gasteiger partial charge on any atom is -0.219 e. The molecule has 0 amide bonds. The molecule has 0 atom stereocenters. The second-order valence-corrected chi connectivity index (χ2v) is 5.81. The number of allylic oxidation sites excluding steroid dienone is 1. The van der Waals surface area contributed by atoms with Crippen molar-refractivity contribution in [3.8, 4) is 0 Å². The maximum Gasteiger partial charge on any atom is 0.204 e. The normalized spacial score (nSPS) is 18.5. The Morgan fingerprint density at radius 2 is 1.86 bits per heavy atom. The maximum atomic E-state index is 11.8. The summed E-state index contributed by atoms with van der Waals surface area (Å²) in [6, 6.07) is 5.26. The molecule has 74 valence electrons. The van der Waals surface area contributed by atoms with E-state index in [4.69, 9.17) is 11.6 Å². The number of benzene rings is 1. The van der Waals surface area contributed by atoms with Crippen molar-refractivity contribution in [1.29, 1.82) is 0 Å². The molecule has 1 aromatic rings. The third-order valence-electron chi connectivity index (χ3n) is 2.38. The lowest BCUT2D eigenvalue weighted by Gasteiger charge is -2.00. The van der Waals surface area contributed by atoms with Gasteiger partial charge in [-0.15, -0.1) is 0 Å². The van der Waals surface area contributed by atoms with E-state index < -0.39 is 9.84 Å². The number of hydrogen-bond donors (Lipinski definition) is 0. The third-order valence-corrected chi connectivity index (χ3v) is 4.90. The van der Waals surface area contributed by atoms with Gasteiger partial charge in [0.05, 0.1) is 14.8 Å². The van der Waals surface area contributed by atoms with Crippen LogP contribution in [0.3, 0.4) is 0 Å². The molecule has 0 aliphatic carbocycles. The molecule has 1 heterocycles. The molecule has 0 unspecified atom stereocenters. The van der Waals surface area contributed by atoms with Crippen LogP contribution >= 0.6 is 11.6 Å². The summed E-state index contributed by atoms with van der Waals surface area (Å²) in [5, 5.41) is 0.347. The van der Waals surface area contributed by atoms with Gasteiger partial charge in [0, 0.05) is 5.56 Å². The largest absolute Gasteiger partial charge is 0.219 e. The number of hydrogen-bond acceptors (Lipinski definition) is 2. The molecule has 4 heteroatoms. The van der Waals surface area contributed by atoms with E-state index in [2.05, 4.69) is 0 Å². The highest BCUT2D eigenvalue weighted by molar-refractivity contribution is 7.96. The van der Waals surface area contributed by atoms with Gasteiger partial charge in [0.25, 0.3) is 0 Å². The molecule has 1 aliphatic heterocycles. The van der Waals surface area contributed by atoms with Gasteiger partial charge in [0.15, 0.2) is 0 Å². The lowest BCUT2D eigenvalue weighted by molar-refractivity contribution is 0.603. The van der Waals surface area contributed by atoms with Gasteiger partial charge in [-0.3, -0.25) is 0 Å². The molecular weight excluding hydrogens is 220 g/mol. The van der Waals surface area contributed by atoms with E-state index in [-0.39, 0.29) is 4.91 Å². The Hall–Kier alpha value is -0.800. The quantitative estimate of drug-likeness (QED) is 0.684. The van der Waals surface area contributed by atoms with E-state index in [9.17, 15) is 8.42 Å². The summed E-state index contributed by atoms with van der Waals surface area (Å²) in [4.78, 5) is 0.583. The van der Waals surface area contributed by atoms with Crippen molar-refractivity contribution in [2.24, 2.45) is 0 Å². The van der Waals surface area contributed by atoms with E-state index >= 15 is 0 Å². The van der Waals surface area contributed by atoms with Gasteiger partial charge in [0.2, 0.25) is 9.84 Å². The fourth-order valence-corrected chi connectivity index (χ4v) is 3.51. The van der Waals surface area contributed by atoms with Crippen molar-refractivity contribution in [2.45, 2.75) is 18.7 Å². The average molecular weight is 229 g/mol. The Kier molecular flexibility index (Phi) is 1.98. The Labute approximate surface area is 88.1 Å². The van der Waals surface area contributed by atoms with E-state index in [1.165, 1.54) is 6.92 Å². The number of aryl methyl sites for hydroxylation is 1. The standard InChI is InChI=1S/C10H9ClO2S/c1-6-3-4-8-9(5-6)14(12,13)7(2)10(8)11/h3-5H,1-2H3. The first kappa shape index (κ1) is 9.74. The molecule has 0 N–H and O–H groups in total. The van der Waals surface area contributed by atoms with Gasteiger partial charge >= 0.3 is 0 Å². The Balaban J connectivity index is 2.87. The predicted octanol–water partition coefficient (Wildman–Crippen LogP) is 2.71. The maximum absolute atomic E-state index is 11.8. The van der Waals surface area contributed by atoms with E-state index in [0.717, 1.165) is 5.56 Å². The second kappa shape index (κ2) is 2.84. The van der Waals surface area contributed by atoms with Crippen LogP contribution in [-0.4, -0.2) is 8.42 Å². The van der Waals surface area contributed by atoms with Crippen molar-refractivity contribution in [2.75, 3.05) is 0 Å². The first-order valence-corrected chi connectivity index (χ1v) is 6.03. The SMILES string of the molecule is CC1=C(Cl)c2ccc(C)cc2S1(=O)=O. The van der Waals surface area contributed by atoms with E-state index in [1.807, 2.05) is 13.0 Å². The van der Waals surface area contributed by atoms with Crippen molar-refractivity contribution < 1.29 is 8.42 Å². The van der Waals surface area contributed by atoms with Crippen LogP contribution in [0.15, 0.2) is 28.0 Å². The highest BCUT2D eigenvalue weighted by atomic mass is 35.5. The van der Waals surface area contributed by atoms with Crippen molar-refractivity contribution in [3.63, 3.8) is 0 Å². The van der Waals surface area contributed by atoms with Gasteiger partial charge in [-0.25, -0.2) is 8.42 Å². The molecule has 1 aromatic carbocycles. The smallest absolute Gasteiger partial charge is 0.204 e. The van der Waals surface area contributed by atoms with Crippen molar-refractivity contribution >= 4 is 26.5 Å². The predicted molar refractivity (Wildman–Crippen MR) is 56.8 cm³/mol. The summed E-state index contributed by atoms with van der Waals surface area (Å²) in [7, 11) is -3.31. The summed E-state index contributed by atoms with van der Waals surface area (Å²) >= 11 is 5.93. The number of fused-ring (bicyclic) bond motifs is 1. The molecule has 0 fully saturated rings. The first-order valence-electron chi connectivity index (χ1n) is 4.17. The summed E-state index contributed by atoms with van der Waals surface area (Å²) in [5.74, 6) is 0. The number of halogens is 1. The van der Waals surface area contributed by atoms with Crippen LogP contribution in [0.1, 0.15) is 18.1 Å². The molecule has 0 aromatic heterocycles. The van der Waals surface area contributed by atoms with Crippen LogP contribution in [0.25, 0.3) is 5.03 Å². The van der Waals surface area contributed by atoms with Crippen LogP contribution in [0, 0.1) is 6.92 Å². The van der Waals surface area contributed by atoms with Crippen LogP contribution in [0.4, 0.5) is 0 Å². The zero-order valence-electron chi connectivity index (χ0n) is 7.83. The zero-order chi connectivity index (χ0) is 10.5. The van der Waals surface area contributed by atoms with Crippen LogP contribution in [0.5, 0.6) is 0 Å². The molecule has 2 nitrogen and oxygen atoms in total. The highest BCUT2D eigenvalue weighted by Gasteiger charge is 2.31. The first-order chi connectivity index (χ1) is 6.44. The number of sulfone groups is 1. The lowest BCUT2D eigenvalue weighted by atomic mass is 10.1.